The molecule has 0 aromatic heterocycles. The van der Waals surface area contributed by atoms with Gasteiger partial charge in [0.15, 0.2) is 0 Å². The topological polar surface area (TPSA) is 20.3 Å². The lowest BCUT2D eigenvalue weighted by molar-refractivity contribution is -0.135. The Morgan fingerprint density at radius 1 is 1.06 bits per heavy atom. The van der Waals surface area contributed by atoms with Gasteiger partial charge in [-0.05, 0) is 32.1 Å². The van der Waals surface area contributed by atoms with Crippen LogP contribution in [0.2, 0.25) is 0 Å². The van der Waals surface area contributed by atoms with Crippen molar-refractivity contribution in [2.75, 3.05) is 6.54 Å². The number of unbranched alkanes of at least 4 members (excludes halogenated alkanes) is 5. The highest BCUT2D eigenvalue weighted by atomic mass is 16.2. The summed E-state index contributed by atoms with van der Waals surface area (Å²) in [6, 6.07) is 0.534. The number of carbonyl (C=O) groups excluding carboxylic acids is 1. The molecule has 0 bridgehead atoms. The van der Waals surface area contributed by atoms with Gasteiger partial charge in [-0.25, -0.2) is 0 Å². The molecule has 0 spiro atoms. The fraction of sp³-hybridized carbons (Fsp3) is 0.938. The van der Waals surface area contributed by atoms with Gasteiger partial charge in [0.2, 0.25) is 5.91 Å². The first-order valence-electron chi connectivity index (χ1n) is 8.09. The predicted octanol–water partition coefficient (Wildman–Crippen LogP) is 4.53. The standard InChI is InChI=1S/C16H31NO/c1-3-5-6-7-8-9-13-16(18)17-14-11-10-12-15(17)4-2/h15H,3-14H2,1-2H3. The lowest BCUT2D eigenvalue weighted by atomic mass is 9.99. The molecule has 1 aliphatic heterocycles. The molecular weight excluding hydrogens is 222 g/mol. The molecule has 1 atom stereocenters. The fourth-order valence-electron chi connectivity index (χ4n) is 2.95. The minimum absolute atomic E-state index is 0.414. The summed E-state index contributed by atoms with van der Waals surface area (Å²) in [6.45, 7) is 5.46. The minimum Gasteiger partial charge on any atom is -0.340 e. The maximum atomic E-state index is 12.2. The molecule has 0 aliphatic carbocycles. The van der Waals surface area contributed by atoms with Crippen LogP contribution in [0, 0.1) is 0 Å². The van der Waals surface area contributed by atoms with Gasteiger partial charge in [0.25, 0.3) is 0 Å². The maximum absolute atomic E-state index is 12.2. The zero-order chi connectivity index (χ0) is 13.2. The van der Waals surface area contributed by atoms with Crippen LogP contribution in [0.15, 0.2) is 0 Å². The van der Waals surface area contributed by atoms with Crippen molar-refractivity contribution in [1.82, 2.24) is 4.90 Å². The van der Waals surface area contributed by atoms with Crippen LogP contribution >= 0.6 is 0 Å². The van der Waals surface area contributed by atoms with Gasteiger partial charge in [-0.2, -0.15) is 0 Å². The normalized spacial score (nSPS) is 20.1. The van der Waals surface area contributed by atoms with Crippen molar-refractivity contribution in [3.63, 3.8) is 0 Å². The van der Waals surface area contributed by atoms with E-state index in [0.717, 1.165) is 25.8 Å². The van der Waals surface area contributed by atoms with Crippen molar-refractivity contribution in [3.8, 4) is 0 Å². The van der Waals surface area contributed by atoms with Crippen molar-refractivity contribution in [2.45, 2.75) is 90.5 Å². The molecule has 1 aliphatic rings. The lowest BCUT2D eigenvalue weighted by Gasteiger charge is -2.35. The van der Waals surface area contributed by atoms with Crippen molar-refractivity contribution in [3.05, 3.63) is 0 Å². The molecule has 1 fully saturated rings. The van der Waals surface area contributed by atoms with Crippen LogP contribution in [-0.2, 0) is 4.79 Å². The van der Waals surface area contributed by atoms with Crippen LogP contribution in [-0.4, -0.2) is 23.4 Å². The Morgan fingerprint density at radius 3 is 2.50 bits per heavy atom. The average molecular weight is 253 g/mol. The fourth-order valence-corrected chi connectivity index (χ4v) is 2.95. The Morgan fingerprint density at radius 2 is 1.78 bits per heavy atom. The van der Waals surface area contributed by atoms with Gasteiger partial charge in [-0.15, -0.1) is 0 Å². The summed E-state index contributed by atoms with van der Waals surface area (Å²) in [7, 11) is 0. The molecule has 0 saturated carbocycles. The Labute approximate surface area is 113 Å². The molecule has 1 amide bonds. The zero-order valence-corrected chi connectivity index (χ0v) is 12.4. The van der Waals surface area contributed by atoms with Crippen molar-refractivity contribution < 1.29 is 4.79 Å². The molecular formula is C16H31NO. The Kier molecular flexibility index (Phi) is 8.11. The van der Waals surface area contributed by atoms with E-state index in [9.17, 15) is 4.79 Å². The van der Waals surface area contributed by atoms with Gasteiger partial charge in [0, 0.05) is 19.0 Å². The molecule has 1 unspecified atom stereocenters. The van der Waals surface area contributed by atoms with Gasteiger partial charge in [-0.3, -0.25) is 4.79 Å². The molecule has 2 heteroatoms. The molecule has 18 heavy (non-hydrogen) atoms. The van der Waals surface area contributed by atoms with Gasteiger partial charge >= 0.3 is 0 Å². The van der Waals surface area contributed by atoms with E-state index >= 15 is 0 Å². The van der Waals surface area contributed by atoms with E-state index in [1.54, 1.807) is 0 Å². The van der Waals surface area contributed by atoms with E-state index in [4.69, 9.17) is 0 Å². The molecule has 2 nitrogen and oxygen atoms in total. The maximum Gasteiger partial charge on any atom is 0.222 e. The molecule has 0 aromatic carbocycles. The minimum atomic E-state index is 0.414. The molecule has 0 aromatic rings. The van der Waals surface area contributed by atoms with Gasteiger partial charge in [0.1, 0.15) is 0 Å². The third kappa shape index (κ3) is 5.41. The number of hydrogen-bond acceptors (Lipinski definition) is 1. The van der Waals surface area contributed by atoms with E-state index < -0.39 is 0 Å². The van der Waals surface area contributed by atoms with E-state index in [1.807, 2.05) is 0 Å². The predicted molar refractivity (Wildman–Crippen MR) is 77.6 cm³/mol. The highest BCUT2D eigenvalue weighted by molar-refractivity contribution is 5.76. The van der Waals surface area contributed by atoms with Crippen molar-refractivity contribution >= 4 is 5.91 Å². The largest absolute Gasteiger partial charge is 0.340 e. The third-order valence-corrected chi connectivity index (χ3v) is 4.16. The Bertz CT molecular complexity index is 227. The second-order valence-corrected chi connectivity index (χ2v) is 5.66. The summed E-state index contributed by atoms with van der Waals surface area (Å²) >= 11 is 0. The summed E-state index contributed by atoms with van der Waals surface area (Å²) in [5, 5.41) is 0. The van der Waals surface area contributed by atoms with E-state index in [0.29, 0.717) is 11.9 Å². The summed E-state index contributed by atoms with van der Waals surface area (Å²) in [5.74, 6) is 0.414. The molecule has 1 rings (SSSR count). The first-order valence-corrected chi connectivity index (χ1v) is 8.09. The highest BCUT2D eigenvalue weighted by Crippen LogP contribution is 2.21. The summed E-state index contributed by atoms with van der Waals surface area (Å²) < 4.78 is 0. The van der Waals surface area contributed by atoms with Gasteiger partial charge in [0.05, 0.1) is 0 Å². The molecule has 0 N–H and O–H groups in total. The third-order valence-electron chi connectivity index (χ3n) is 4.16. The summed E-state index contributed by atoms with van der Waals surface area (Å²) in [5.41, 5.74) is 0. The van der Waals surface area contributed by atoms with E-state index in [-0.39, 0.29) is 0 Å². The quantitative estimate of drug-likeness (QED) is 0.582. The van der Waals surface area contributed by atoms with Gasteiger partial charge in [-0.1, -0.05) is 46.0 Å². The number of nitrogens with zero attached hydrogens (tertiary/aromatic N) is 1. The van der Waals surface area contributed by atoms with Crippen LogP contribution in [0.25, 0.3) is 0 Å². The number of piperidine rings is 1. The van der Waals surface area contributed by atoms with Crippen LogP contribution in [0.5, 0.6) is 0 Å². The first kappa shape index (κ1) is 15.5. The van der Waals surface area contributed by atoms with Crippen LogP contribution in [0.1, 0.15) is 84.5 Å². The Balaban J connectivity index is 2.14. The van der Waals surface area contributed by atoms with Gasteiger partial charge < -0.3 is 4.90 Å². The molecule has 0 radical (unpaired) electrons. The number of hydrogen-bond donors (Lipinski definition) is 0. The summed E-state index contributed by atoms with van der Waals surface area (Å²) in [4.78, 5) is 14.3. The first-order chi connectivity index (χ1) is 8.79. The van der Waals surface area contributed by atoms with E-state index in [1.165, 1.54) is 51.4 Å². The molecule has 1 saturated heterocycles. The monoisotopic (exact) mass is 253 g/mol. The number of amides is 1. The SMILES string of the molecule is CCCCCCCCC(=O)N1CCCCC1CC. The highest BCUT2D eigenvalue weighted by Gasteiger charge is 2.24. The number of likely N-dealkylation sites (tertiary alicyclic amines) is 1. The second-order valence-electron chi connectivity index (χ2n) is 5.66. The van der Waals surface area contributed by atoms with Crippen LogP contribution in [0.3, 0.4) is 0 Å². The smallest absolute Gasteiger partial charge is 0.222 e. The Hall–Kier alpha value is -0.530. The van der Waals surface area contributed by atoms with E-state index in [2.05, 4.69) is 18.7 Å². The number of carbonyl (C=O) groups is 1. The van der Waals surface area contributed by atoms with Crippen molar-refractivity contribution in [2.24, 2.45) is 0 Å². The number of rotatable bonds is 8. The zero-order valence-electron chi connectivity index (χ0n) is 12.4. The van der Waals surface area contributed by atoms with Crippen LogP contribution in [0.4, 0.5) is 0 Å². The van der Waals surface area contributed by atoms with Crippen LogP contribution < -0.4 is 0 Å². The lowest BCUT2D eigenvalue weighted by Crippen LogP contribution is -2.43. The average Bonchev–Trinajstić information content (AvgIpc) is 2.42. The molecule has 106 valence electrons. The second kappa shape index (κ2) is 9.41. The summed E-state index contributed by atoms with van der Waals surface area (Å²) in [6.07, 6.45) is 13.3. The van der Waals surface area contributed by atoms with Crippen molar-refractivity contribution in [1.29, 1.82) is 0 Å². The molecule has 1 heterocycles.